The van der Waals surface area contributed by atoms with Gasteiger partial charge in [0.25, 0.3) is 0 Å². The van der Waals surface area contributed by atoms with E-state index in [0.29, 0.717) is 47.2 Å². The normalized spacial score (nSPS) is 12.9. The molecule has 1 aliphatic heterocycles. The van der Waals surface area contributed by atoms with Crippen molar-refractivity contribution < 1.29 is 26.7 Å². The standard InChI is InChI=1S/C27H21F5N4O/c28-18-5-3-17(4-6-18)26-27(33-19-7-9-21(30)23(32)14-19)36-12-11-35(15-24(36)34-26)25(37)10-2-16-1-8-20(29)22(31)13-16/h1,3-9,13-14,33H,2,10-12,15H2. The first-order valence-electron chi connectivity index (χ1n) is 11.6. The number of imidazole rings is 1. The molecule has 4 aromatic rings. The lowest BCUT2D eigenvalue weighted by atomic mass is 10.1. The maximum Gasteiger partial charge on any atom is 0.223 e. The number of anilines is 2. The average Bonchev–Trinajstić information content (AvgIpc) is 3.24. The highest BCUT2D eigenvalue weighted by Crippen LogP contribution is 2.34. The number of carbonyl (C=O) groups is 1. The molecule has 3 aromatic carbocycles. The molecule has 0 unspecified atom stereocenters. The molecule has 190 valence electrons. The minimum Gasteiger partial charge on any atom is -0.340 e. The first kappa shape index (κ1) is 24.5. The van der Waals surface area contributed by atoms with E-state index in [4.69, 9.17) is 0 Å². The van der Waals surface area contributed by atoms with Crippen molar-refractivity contribution in [2.75, 3.05) is 11.9 Å². The Morgan fingerprint density at radius 2 is 1.54 bits per heavy atom. The molecule has 0 atom stereocenters. The number of fused-ring (bicyclic) bond motifs is 1. The van der Waals surface area contributed by atoms with E-state index in [2.05, 4.69) is 10.3 Å². The van der Waals surface area contributed by atoms with Crippen molar-refractivity contribution in [1.82, 2.24) is 14.5 Å². The molecule has 0 radical (unpaired) electrons. The van der Waals surface area contributed by atoms with Gasteiger partial charge >= 0.3 is 0 Å². The minimum atomic E-state index is -1.01. The molecule has 0 spiro atoms. The Balaban J connectivity index is 1.39. The Bertz CT molecular complexity index is 1470. The summed E-state index contributed by atoms with van der Waals surface area (Å²) in [6.07, 6.45) is 0.362. The van der Waals surface area contributed by atoms with Crippen molar-refractivity contribution >= 4 is 17.4 Å². The first-order chi connectivity index (χ1) is 17.8. The molecule has 0 fully saturated rings. The van der Waals surface area contributed by atoms with Crippen molar-refractivity contribution in [1.29, 1.82) is 0 Å². The lowest BCUT2D eigenvalue weighted by Gasteiger charge is -2.28. The van der Waals surface area contributed by atoms with Crippen LogP contribution < -0.4 is 5.32 Å². The molecule has 0 aliphatic carbocycles. The highest BCUT2D eigenvalue weighted by Gasteiger charge is 2.27. The number of halogens is 5. The fourth-order valence-electron chi connectivity index (χ4n) is 4.30. The van der Waals surface area contributed by atoms with Gasteiger partial charge in [0.15, 0.2) is 23.3 Å². The monoisotopic (exact) mass is 512 g/mol. The number of nitrogens with one attached hydrogen (secondary N) is 1. The number of aryl methyl sites for hydroxylation is 1. The van der Waals surface area contributed by atoms with E-state index in [1.54, 1.807) is 17.0 Å². The zero-order valence-electron chi connectivity index (χ0n) is 19.4. The van der Waals surface area contributed by atoms with Gasteiger partial charge in [-0.2, -0.15) is 0 Å². The predicted molar refractivity (Wildman–Crippen MR) is 127 cm³/mol. The smallest absolute Gasteiger partial charge is 0.223 e. The van der Waals surface area contributed by atoms with Gasteiger partial charge in [-0.1, -0.05) is 6.07 Å². The molecule has 1 amide bonds. The summed E-state index contributed by atoms with van der Waals surface area (Å²) in [6.45, 7) is 0.909. The van der Waals surface area contributed by atoms with Gasteiger partial charge in [-0.3, -0.25) is 4.79 Å². The number of benzene rings is 3. The maximum atomic E-state index is 13.8. The number of carbonyl (C=O) groups excluding carboxylic acids is 1. The van der Waals surface area contributed by atoms with Crippen LogP contribution in [0.1, 0.15) is 17.8 Å². The SMILES string of the molecule is O=C(CCc1ccc(F)c(F)c1)N1CCn2c(nc(-c3ccc(F)cc3)c2Nc2ccc(F)c(F)c2)C1. The number of nitrogens with zero attached hydrogens (tertiary/aromatic N) is 3. The van der Waals surface area contributed by atoms with Crippen LogP contribution in [-0.2, 0) is 24.3 Å². The number of aromatic nitrogens is 2. The zero-order valence-corrected chi connectivity index (χ0v) is 19.4. The second-order valence-corrected chi connectivity index (χ2v) is 8.70. The number of hydrogen-bond acceptors (Lipinski definition) is 3. The highest BCUT2D eigenvalue weighted by atomic mass is 19.2. The third kappa shape index (κ3) is 5.18. The Morgan fingerprint density at radius 3 is 2.24 bits per heavy atom. The second-order valence-electron chi connectivity index (χ2n) is 8.70. The van der Waals surface area contributed by atoms with Gasteiger partial charge in [-0.25, -0.2) is 26.9 Å². The van der Waals surface area contributed by atoms with Gasteiger partial charge in [0.2, 0.25) is 5.91 Å². The molecule has 5 rings (SSSR count). The van der Waals surface area contributed by atoms with Gasteiger partial charge in [0, 0.05) is 36.8 Å². The van der Waals surface area contributed by atoms with Crippen LogP contribution in [0.15, 0.2) is 60.7 Å². The Labute approximate surface area is 209 Å². The number of rotatable bonds is 6. The number of amides is 1. The van der Waals surface area contributed by atoms with Gasteiger partial charge in [-0.15, -0.1) is 0 Å². The van der Waals surface area contributed by atoms with Crippen LogP contribution in [0.5, 0.6) is 0 Å². The topological polar surface area (TPSA) is 50.2 Å². The van der Waals surface area contributed by atoms with Crippen LogP contribution in [0.3, 0.4) is 0 Å². The summed E-state index contributed by atoms with van der Waals surface area (Å²) in [5, 5.41) is 3.09. The van der Waals surface area contributed by atoms with Crippen LogP contribution in [0, 0.1) is 29.1 Å². The molecular weight excluding hydrogens is 491 g/mol. The number of hydrogen-bond donors (Lipinski definition) is 1. The Kier molecular flexibility index (Phi) is 6.64. The largest absolute Gasteiger partial charge is 0.340 e. The van der Waals surface area contributed by atoms with Crippen molar-refractivity contribution in [3.8, 4) is 11.3 Å². The van der Waals surface area contributed by atoms with E-state index < -0.39 is 29.1 Å². The molecular formula is C27H21F5N4O. The van der Waals surface area contributed by atoms with Gasteiger partial charge in [0.05, 0.1) is 6.54 Å². The van der Waals surface area contributed by atoms with Crippen molar-refractivity contribution in [3.63, 3.8) is 0 Å². The fourth-order valence-corrected chi connectivity index (χ4v) is 4.30. The lowest BCUT2D eigenvalue weighted by molar-refractivity contribution is -0.132. The summed E-state index contributed by atoms with van der Waals surface area (Å²) in [5.41, 5.74) is 1.89. The summed E-state index contributed by atoms with van der Waals surface area (Å²) in [6, 6.07) is 12.7. The molecule has 0 saturated carbocycles. The fraction of sp³-hybridized carbons (Fsp3) is 0.185. The van der Waals surface area contributed by atoms with Gasteiger partial charge in [0.1, 0.15) is 23.2 Å². The van der Waals surface area contributed by atoms with Crippen molar-refractivity contribution in [2.24, 2.45) is 0 Å². The van der Waals surface area contributed by atoms with Crippen LogP contribution >= 0.6 is 0 Å². The highest BCUT2D eigenvalue weighted by molar-refractivity contribution is 5.78. The lowest BCUT2D eigenvalue weighted by Crippen LogP contribution is -2.38. The van der Waals surface area contributed by atoms with E-state index in [-0.39, 0.29) is 25.3 Å². The van der Waals surface area contributed by atoms with Gasteiger partial charge in [-0.05, 0) is 60.5 Å². The van der Waals surface area contributed by atoms with Crippen LogP contribution in [0.4, 0.5) is 33.5 Å². The van der Waals surface area contributed by atoms with E-state index in [1.165, 1.54) is 24.3 Å². The summed E-state index contributed by atoms with van der Waals surface area (Å²) >= 11 is 0. The Hall–Kier alpha value is -4.21. The van der Waals surface area contributed by atoms with Crippen LogP contribution in [0.2, 0.25) is 0 Å². The zero-order chi connectivity index (χ0) is 26.1. The van der Waals surface area contributed by atoms with Crippen molar-refractivity contribution in [3.05, 3.63) is 101 Å². The second kappa shape index (κ2) is 10.0. The molecule has 1 N–H and O–H groups in total. The average molecular weight is 512 g/mol. The van der Waals surface area contributed by atoms with Crippen LogP contribution in [0.25, 0.3) is 11.3 Å². The summed E-state index contributed by atoms with van der Waals surface area (Å²) in [4.78, 5) is 19.2. The molecule has 37 heavy (non-hydrogen) atoms. The molecule has 0 bridgehead atoms. The molecule has 10 heteroatoms. The van der Waals surface area contributed by atoms with E-state index >= 15 is 0 Å². The summed E-state index contributed by atoms with van der Waals surface area (Å²) in [5.74, 6) is -3.42. The van der Waals surface area contributed by atoms with Crippen molar-refractivity contribution in [2.45, 2.75) is 25.9 Å². The first-order valence-corrected chi connectivity index (χ1v) is 11.6. The Morgan fingerprint density at radius 1 is 0.838 bits per heavy atom. The molecule has 0 saturated heterocycles. The van der Waals surface area contributed by atoms with Crippen LogP contribution in [-0.4, -0.2) is 26.9 Å². The van der Waals surface area contributed by atoms with E-state index in [9.17, 15) is 26.7 Å². The molecule has 5 nitrogen and oxygen atoms in total. The summed E-state index contributed by atoms with van der Waals surface area (Å²) < 4.78 is 69.3. The third-order valence-corrected chi connectivity index (χ3v) is 6.24. The quantitative estimate of drug-likeness (QED) is 0.324. The van der Waals surface area contributed by atoms with E-state index in [0.717, 1.165) is 24.3 Å². The molecule has 1 aliphatic rings. The minimum absolute atomic E-state index is 0.108. The summed E-state index contributed by atoms with van der Waals surface area (Å²) in [7, 11) is 0. The van der Waals surface area contributed by atoms with E-state index in [1.807, 2.05) is 4.57 Å². The predicted octanol–water partition coefficient (Wildman–Crippen LogP) is 5.96. The van der Waals surface area contributed by atoms with Gasteiger partial charge < -0.3 is 14.8 Å². The third-order valence-electron chi connectivity index (χ3n) is 6.24. The maximum absolute atomic E-state index is 13.8. The molecule has 2 heterocycles. The molecule has 1 aromatic heterocycles.